The molecule has 1 aliphatic rings. The molecule has 0 saturated carbocycles. The molecule has 1 aromatic rings. The average Bonchev–Trinajstić information content (AvgIpc) is 2.44. The van der Waals surface area contributed by atoms with Gasteiger partial charge in [-0.25, -0.2) is 4.85 Å². The van der Waals surface area contributed by atoms with Gasteiger partial charge in [0.1, 0.15) is 0 Å². The highest BCUT2D eigenvalue weighted by atomic mass is 14.8. The Bertz CT molecular complexity index is 427. The van der Waals surface area contributed by atoms with Crippen molar-refractivity contribution in [3.63, 3.8) is 0 Å². The van der Waals surface area contributed by atoms with Crippen molar-refractivity contribution in [2.45, 2.75) is 46.0 Å². The van der Waals surface area contributed by atoms with Gasteiger partial charge in [-0.05, 0) is 44.2 Å². The van der Waals surface area contributed by atoms with Gasteiger partial charge in [-0.2, -0.15) is 0 Å². The van der Waals surface area contributed by atoms with Crippen LogP contribution in [0, 0.1) is 20.4 Å². The first kappa shape index (κ1) is 10.2. The van der Waals surface area contributed by atoms with Gasteiger partial charge in [0.05, 0.1) is 6.57 Å². The molecule has 1 heterocycles. The molecule has 2 nitrogen and oxygen atoms in total. The minimum atomic E-state index is 0.817. The maximum atomic E-state index is 7.25. The topological polar surface area (TPSA) is 17.2 Å². The van der Waals surface area contributed by atoms with Crippen molar-refractivity contribution in [3.05, 3.63) is 33.9 Å². The van der Waals surface area contributed by atoms with Crippen molar-refractivity contribution in [2.75, 3.05) is 0 Å². The van der Waals surface area contributed by atoms with Crippen LogP contribution in [0.4, 0.5) is 5.69 Å². The second kappa shape index (κ2) is 4.02. The first-order valence-corrected chi connectivity index (χ1v) is 5.60. The summed E-state index contributed by atoms with van der Waals surface area (Å²) in [4.78, 5) is 8.14. The van der Waals surface area contributed by atoms with E-state index in [1.165, 1.54) is 30.4 Å². The van der Waals surface area contributed by atoms with Gasteiger partial charge >= 0.3 is 0 Å². The highest BCUT2D eigenvalue weighted by molar-refractivity contribution is 5.60. The molecule has 0 N–H and O–H groups in total. The third-order valence-corrected chi connectivity index (χ3v) is 3.23. The van der Waals surface area contributed by atoms with Crippen LogP contribution in [0.5, 0.6) is 0 Å². The Kier molecular flexibility index (Phi) is 2.73. The van der Waals surface area contributed by atoms with E-state index >= 15 is 0 Å². The third-order valence-electron chi connectivity index (χ3n) is 3.23. The second-order valence-corrected chi connectivity index (χ2v) is 4.26. The lowest BCUT2D eigenvalue weighted by Gasteiger charge is -2.12. The zero-order valence-electron chi connectivity index (χ0n) is 9.43. The van der Waals surface area contributed by atoms with Gasteiger partial charge in [0.25, 0.3) is 0 Å². The van der Waals surface area contributed by atoms with Gasteiger partial charge in [0.15, 0.2) is 0 Å². The lowest BCUT2D eigenvalue weighted by Crippen LogP contribution is -2.00. The molecule has 2 heteroatoms. The molecule has 1 aliphatic carbocycles. The minimum absolute atomic E-state index is 0.817. The van der Waals surface area contributed by atoms with E-state index in [0.717, 1.165) is 29.9 Å². The van der Waals surface area contributed by atoms with Gasteiger partial charge in [0, 0.05) is 11.4 Å². The molecule has 0 aromatic carbocycles. The van der Waals surface area contributed by atoms with Crippen molar-refractivity contribution in [1.82, 2.24) is 4.98 Å². The molecule has 0 amide bonds. The molecule has 15 heavy (non-hydrogen) atoms. The molecule has 2 rings (SSSR count). The van der Waals surface area contributed by atoms with E-state index in [-0.39, 0.29) is 0 Å². The first-order chi connectivity index (χ1) is 7.24. The molecule has 0 fully saturated rings. The summed E-state index contributed by atoms with van der Waals surface area (Å²) in [7, 11) is 0. The molecule has 0 aliphatic heterocycles. The van der Waals surface area contributed by atoms with Crippen LogP contribution < -0.4 is 0 Å². The molecule has 1 aromatic heterocycles. The van der Waals surface area contributed by atoms with Gasteiger partial charge in [-0.15, -0.1) is 0 Å². The molecule has 0 saturated heterocycles. The SMILES string of the molecule is [C-]#[N+]c1c(C)nc(C)c2c1CCCCC2. The van der Waals surface area contributed by atoms with Crippen LogP contribution in [0.1, 0.15) is 41.8 Å². The van der Waals surface area contributed by atoms with Crippen molar-refractivity contribution >= 4 is 5.69 Å². The Balaban J connectivity index is 2.64. The number of rotatable bonds is 0. The van der Waals surface area contributed by atoms with Crippen LogP contribution in [-0.4, -0.2) is 4.98 Å². The number of aryl methyl sites for hydroxylation is 2. The fraction of sp³-hybridized carbons (Fsp3) is 0.538. The van der Waals surface area contributed by atoms with E-state index in [2.05, 4.69) is 16.8 Å². The van der Waals surface area contributed by atoms with E-state index in [1.807, 2.05) is 6.92 Å². The summed E-state index contributed by atoms with van der Waals surface area (Å²) in [5.41, 5.74) is 5.49. The summed E-state index contributed by atoms with van der Waals surface area (Å²) in [6, 6.07) is 0. The predicted molar refractivity (Wildman–Crippen MR) is 61.2 cm³/mol. The Morgan fingerprint density at radius 1 is 1.00 bits per heavy atom. The van der Waals surface area contributed by atoms with Crippen LogP contribution in [0.25, 0.3) is 4.85 Å². The summed E-state index contributed by atoms with van der Waals surface area (Å²) in [5, 5.41) is 0. The third kappa shape index (κ3) is 1.74. The summed E-state index contributed by atoms with van der Waals surface area (Å²) in [6.07, 6.45) is 5.92. The smallest absolute Gasteiger partial charge is 0.211 e. The molecule has 0 radical (unpaired) electrons. The fourth-order valence-electron chi connectivity index (χ4n) is 2.48. The fourth-order valence-corrected chi connectivity index (χ4v) is 2.48. The molecule has 78 valence electrons. The van der Waals surface area contributed by atoms with Crippen molar-refractivity contribution in [3.8, 4) is 0 Å². The number of hydrogen-bond donors (Lipinski definition) is 0. The van der Waals surface area contributed by atoms with Gasteiger partial charge in [-0.3, -0.25) is 4.98 Å². The largest absolute Gasteiger partial charge is 0.270 e. The maximum absolute atomic E-state index is 7.25. The highest BCUT2D eigenvalue weighted by Gasteiger charge is 2.17. The molecular weight excluding hydrogens is 184 g/mol. The van der Waals surface area contributed by atoms with Crippen LogP contribution >= 0.6 is 0 Å². The van der Waals surface area contributed by atoms with Crippen LogP contribution in [-0.2, 0) is 12.8 Å². The van der Waals surface area contributed by atoms with E-state index in [1.54, 1.807) is 0 Å². The minimum Gasteiger partial charge on any atom is -0.270 e. The summed E-state index contributed by atoms with van der Waals surface area (Å²) < 4.78 is 0. The Hall–Kier alpha value is -1.36. The molecule has 0 spiro atoms. The van der Waals surface area contributed by atoms with Gasteiger partial charge < -0.3 is 0 Å². The van der Waals surface area contributed by atoms with Crippen LogP contribution in [0.2, 0.25) is 0 Å². The first-order valence-electron chi connectivity index (χ1n) is 5.60. The van der Waals surface area contributed by atoms with Crippen molar-refractivity contribution in [1.29, 1.82) is 0 Å². The van der Waals surface area contributed by atoms with Crippen LogP contribution in [0.15, 0.2) is 0 Å². The maximum Gasteiger partial charge on any atom is 0.211 e. The summed E-state index contributed by atoms with van der Waals surface area (Å²) in [6.45, 7) is 11.3. The van der Waals surface area contributed by atoms with E-state index in [4.69, 9.17) is 6.57 Å². The molecule has 0 bridgehead atoms. The van der Waals surface area contributed by atoms with E-state index in [9.17, 15) is 0 Å². The molecule has 0 atom stereocenters. The van der Waals surface area contributed by atoms with Crippen LogP contribution in [0.3, 0.4) is 0 Å². The predicted octanol–water partition coefficient (Wildman–Crippen LogP) is 3.52. The van der Waals surface area contributed by atoms with Gasteiger partial charge in [0.2, 0.25) is 5.69 Å². The summed E-state index contributed by atoms with van der Waals surface area (Å²) in [5.74, 6) is 0. The molecule has 0 unspecified atom stereocenters. The lowest BCUT2D eigenvalue weighted by molar-refractivity contribution is 0.711. The second-order valence-electron chi connectivity index (χ2n) is 4.26. The van der Waals surface area contributed by atoms with Crippen molar-refractivity contribution in [2.24, 2.45) is 0 Å². The number of aromatic nitrogens is 1. The number of nitrogens with zero attached hydrogens (tertiary/aromatic N) is 2. The zero-order valence-corrected chi connectivity index (χ0v) is 9.43. The van der Waals surface area contributed by atoms with E-state index in [0.29, 0.717) is 0 Å². The Labute approximate surface area is 91.2 Å². The Morgan fingerprint density at radius 3 is 2.33 bits per heavy atom. The number of pyridine rings is 1. The van der Waals surface area contributed by atoms with Gasteiger partial charge in [-0.1, -0.05) is 12.8 Å². The van der Waals surface area contributed by atoms with Crippen molar-refractivity contribution < 1.29 is 0 Å². The summed E-state index contributed by atoms with van der Waals surface area (Å²) >= 11 is 0. The zero-order chi connectivity index (χ0) is 10.8. The average molecular weight is 200 g/mol. The highest BCUT2D eigenvalue weighted by Crippen LogP contribution is 2.32. The Morgan fingerprint density at radius 2 is 1.67 bits per heavy atom. The number of hydrogen-bond acceptors (Lipinski definition) is 1. The molecular formula is C13H16N2. The lowest BCUT2D eigenvalue weighted by atomic mass is 9.99. The normalized spacial score (nSPS) is 15.3. The monoisotopic (exact) mass is 200 g/mol. The standard InChI is InChI=1S/C13H16N2/c1-9-11-7-5-4-6-8-12(11)13(14-3)10(2)15-9/h4-8H2,1-2H3. The number of fused-ring (bicyclic) bond motifs is 1. The quantitative estimate of drug-likeness (QED) is 0.462. The van der Waals surface area contributed by atoms with E-state index < -0.39 is 0 Å².